The molecule has 0 spiro atoms. The number of phenolic OH excluding ortho intramolecular Hbond substituents is 1. The minimum Gasteiger partial charge on any atom is -0.507 e. The van der Waals surface area contributed by atoms with Crippen molar-refractivity contribution in [1.82, 2.24) is 14.8 Å². The van der Waals surface area contributed by atoms with Crippen molar-refractivity contribution in [3.05, 3.63) is 53.3 Å². The third-order valence-corrected chi connectivity index (χ3v) is 6.65. The topological polar surface area (TPSA) is 72.3 Å². The highest BCUT2D eigenvalue weighted by Gasteiger charge is 2.33. The highest BCUT2D eigenvalue weighted by Crippen LogP contribution is 2.40. The lowest BCUT2D eigenvalue weighted by Crippen LogP contribution is -2.51. The van der Waals surface area contributed by atoms with Gasteiger partial charge in [-0.25, -0.2) is 14.4 Å². The number of amidine groups is 1. The van der Waals surface area contributed by atoms with Crippen molar-refractivity contribution in [2.24, 2.45) is 10.9 Å². The van der Waals surface area contributed by atoms with Gasteiger partial charge in [0.1, 0.15) is 29.9 Å². The van der Waals surface area contributed by atoms with Gasteiger partial charge < -0.3 is 19.8 Å². The van der Waals surface area contributed by atoms with Gasteiger partial charge in [-0.1, -0.05) is 24.2 Å². The number of anilines is 1. The van der Waals surface area contributed by atoms with Crippen LogP contribution in [0, 0.1) is 11.7 Å². The van der Waals surface area contributed by atoms with E-state index in [1.54, 1.807) is 11.0 Å². The molecule has 0 unspecified atom stereocenters. The molecule has 1 saturated heterocycles. The average molecular weight is 470 g/mol. The van der Waals surface area contributed by atoms with Crippen molar-refractivity contribution in [3.8, 4) is 17.0 Å². The van der Waals surface area contributed by atoms with Crippen LogP contribution in [0.15, 0.2) is 41.9 Å². The lowest BCUT2D eigenvalue weighted by atomic mass is 10.1. The van der Waals surface area contributed by atoms with E-state index in [0.29, 0.717) is 44.6 Å². The summed E-state index contributed by atoms with van der Waals surface area (Å²) in [6.45, 7) is 7.25. The normalized spacial score (nSPS) is 18.1. The van der Waals surface area contributed by atoms with E-state index >= 15 is 0 Å². The molecule has 3 heterocycles. The molecule has 2 aromatic rings. The highest BCUT2D eigenvalue weighted by molar-refractivity contribution is 6.33. The van der Waals surface area contributed by atoms with Crippen LogP contribution in [0.1, 0.15) is 18.4 Å². The Balaban J connectivity index is 1.52. The zero-order valence-corrected chi connectivity index (χ0v) is 18.9. The Hall–Kier alpha value is -3.13. The number of pyridine rings is 1. The van der Waals surface area contributed by atoms with Gasteiger partial charge in [-0.3, -0.25) is 4.79 Å². The smallest absolute Gasteiger partial charge is 0.246 e. The van der Waals surface area contributed by atoms with Gasteiger partial charge in [0.2, 0.25) is 5.91 Å². The van der Waals surface area contributed by atoms with Gasteiger partial charge in [0, 0.05) is 32.7 Å². The molecule has 7 nitrogen and oxygen atoms in total. The SMILES string of the molecule is C=CC(=O)N1CCN(C2=NCN(CC3CC3)c3nc(-c4c(O)cccc4F)c(Cl)cc32)CC1. The van der Waals surface area contributed by atoms with Crippen LogP contribution in [0.3, 0.4) is 0 Å². The number of benzene rings is 1. The zero-order chi connectivity index (χ0) is 23.1. The maximum Gasteiger partial charge on any atom is 0.246 e. The molecule has 9 heteroatoms. The number of fused-ring (bicyclic) bond motifs is 1. The van der Waals surface area contributed by atoms with Crippen molar-refractivity contribution < 1.29 is 14.3 Å². The Morgan fingerprint density at radius 3 is 2.70 bits per heavy atom. The number of amides is 1. The number of rotatable bonds is 4. The van der Waals surface area contributed by atoms with Crippen LogP contribution in [0.5, 0.6) is 5.75 Å². The molecule has 1 saturated carbocycles. The van der Waals surface area contributed by atoms with E-state index < -0.39 is 5.82 Å². The summed E-state index contributed by atoms with van der Waals surface area (Å²) in [4.78, 5) is 27.6. The molecule has 1 amide bonds. The van der Waals surface area contributed by atoms with E-state index in [2.05, 4.69) is 16.4 Å². The van der Waals surface area contributed by atoms with Crippen LogP contribution in [-0.4, -0.2) is 71.0 Å². The fraction of sp³-hybridized carbons (Fsp3) is 0.375. The largest absolute Gasteiger partial charge is 0.507 e. The van der Waals surface area contributed by atoms with E-state index in [0.717, 1.165) is 17.9 Å². The molecule has 0 bridgehead atoms. The number of halogens is 2. The van der Waals surface area contributed by atoms with E-state index in [9.17, 15) is 14.3 Å². The Morgan fingerprint density at radius 2 is 2.03 bits per heavy atom. The number of aliphatic imine (C=N–C) groups is 1. The second-order valence-corrected chi connectivity index (χ2v) is 9.04. The van der Waals surface area contributed by atoms with Gasteiger partial charge in [-0.2, -0.15) is 0 Å². The van der Waals surface area contributed by atoms with E-state index in [1.807, 2.05) is 0 Å². The predicted molar refractivity (Wildman–Crippen MR) is 126 cm³/mol. The molecule has 0 radical (unpaired) electrons. The first-order valence-corrected chi connectivity index (χ1v) is 11.5. The summed E-state index contributed by atoms with van der Waals surface area (Å²) in [5.74, 6) is 1.22. The summed E-state index contributed by atoms with van der Waals surface area (Å²) in [7, 11) is 0. The molecular formula is C24H25ClFN5O2. The highest BCUT2D eigenvalue weighted by atomic mass is 35.5. The Kier molecular flexibility index (Phi) is 5.70. The van der Waals surface area contributed by atoms with Gasteiger partial charge in [0.05, 0.1) is 21.8 Å². The number of piperazine rings is 1. The lowest BCUT2D eigenvalue weighted by Gasteiger charge is -2.39. The number of hydrogen-bond donors (Lipinski definition) is 1. The Labute approximate surface area is 196 Å². The number of carbonyl (C=O) groups is 1. The standard InChI is InChI=1S/C24H25ClFN5O2/c1-2-20(33)29-8-10-30(11-9-29)23-16-12-17(25)22(21-18(26)4-3-5-19(21)32)28-24(16)31(14-27-23)13-15-6-7-15/h2-5,12,15,32H,1,6-11,13-14H2. The number of aromatic hydroxyl groups is 1. The number of hydrogen-bond acceptors (Lipinski definition) is 6. The summed E-state index contributed by atoms with van der Waals surface area (Å²) in [5.41, 5.74) is 1.00. The monoisotopic (exact) mass is 469 g/mol. The molecule has 1 N–H and O–H groups in total. The second-order valence-electron chi connectivity index (χ2n) is 8.63. The Morgan fingerprint density at radius 1 is 1.27 bits per heavy atom. The number of phenols is 1. The van der Waals surface area contributed by atoms with E-state index in [1.165, 1.54) is 37.1 Å². The maximum absolute atomic E-state index is 14.6. The van der Waals surface area contributed by atoms with Gasteiger partial charge in [0.15, 0.2) is 0 Å². The van der Waals surface area contributed by atoms with Gasteiger partial charge in [0.25, 0.3) is 0 Å². The van der Waals surface area contributed by atoms with Gasteiger partial charge in [-0.15, -0.1) is 0 Å². The van der Waals surface area contributed by atoms with Crippen LogP contribution in [-0.2, 0) is 4.79 Å². The molecule has 2 fully saturated rings. The van der Waals surface area contributed by atoms with Crippen LogP contribution in [0.25, 0.3) is 11.3 Å². The zero-order valence-electron chi connectivity index (χ0n) is 18.2. The van der Waals surface area contributed by atoms with Crippen molar-refractivity contribution in [2.45, 2.75) is 12.8 Å². The van der Waals surface area contributed by atoms with Crippen molar-refractivity contribution in [3.63, 3.8) is 0 Å². The second kappa shape index (κ2) is 8.67. The van der Waals surface area contributed by atoms with Crippen molar-refractivity contribution >= 4 is 29.2 Å². The Bertz CT molecular complexity index is 1120. The van der Waals surface area contributed by atoms with Crippen molar-refractivity contribution in [2.75, 3.05) is 44.3 Å². The van der Waals surface area contributed by atoms with Gasteiger partial charge >= 0.3 is 0 Å². The van der Waals surface area contributed by atoms with Crippen LogP contribution >= 0.6 is 11.6 Å². The first-order chi connectivity index (χ1) is 16.0. The summed E-state index contributed by atoms with van der Waals surface area (Å²) in [5, 5.41) is 10.6. The minimum atomic E-state index is -0.578. The van der Waals surface area contributed by atoms with Gasteiger partial charge in [-0.05, 0) is 43.0 Å². The third-order valence-electron chi connectivity index (χ3n) is 6.36. The lowest BCUT2D eigenvalue weighted by molar-refractivity contribution is -0.127. The maximum atomic E-state index is 14.6. The molecule has 2 aliphatic heterocycles. The van der Waals surface area contributed by atoms with Crippen LogP contribution in [0.2, 0.25) is 5.02 Å². The summed E-state index contributed by atoms with van der Waals surface area (Å²) in [6.07, 6.45) is 3.69. The fourth-order valence-corrected chi connectivity index (χ4v) is 4.65. The fourth-order valence-electron chi connectivity index (χ4n) is 4.41. The minimum absolute atomic E-state index is 0.00251. The van der Waals surface area contributed by atoms with Crippen LogP contribution in [0.4, 0.5) is 10.2 Å². The molecule has 172 valence electrons. The molecule has 0 atom stereocenters. The molecule has 1 aliphatic carbocycles. The summed E-state index contributed by atoms with van der Waals surface area (Å²) >= 11 is 6.60. The predicted octanol–water partition coefficient (Wildman–Crippen LogP) is 3.51. The van der Waals surface area contributed by atoms with Crippen LogP contribution < -0.4 is 4.90 Å². The summed E-state index contributed by atoms with van der Waals surface area (Å²) < 4.78 is 14.6. The summed E-state index contributed by atoms with van der Waals surface area (Å²) in [6, 6.07) is 5.92. The molecule has 33 heavy (non-hydrogen) atoms. The number of carbonyl (C=O) groups excluding carboxylic acids is 1. The number of aromatic nitrogens is 1. The average Bonchev–Trinajstić information content (AvgIpc) is 3.63. The number of nitrogens with zero attached hydrogens (tertiary/aromatic N) is 5. The third kappa shape index (κ3) is 4.15. The quantitative estimate of drug-likeness (QED) is 0.694. The molecular weight excluding hydrogens is 445 g/mol. The van der Waals surface area contributed by atoms with Crippen molar-refractivity contribution in [1.29, 1.82) is 0 Å². The molecule has 3 aliphatic rings. The van der Waals surface area contributed by atoms with E-state index in [4.69, 9.17) is 21.6 Å². The molecule has 1 aromatic carbocycles. The van der Waals surface area contributed by atoms with E-state index in [-0.39, 0.29) is 27.9 Å². The molecule has 1 aromatic heterocycles. The molecule has 5 rings (SSSR count). The first-order valence-electron chi connectivity index (χ1n) is 11.1. The first kappa shape index (κ1) is 21.7.